The molecule has 0 aliphatic carbocycles. The van der Waals surface area contributed by atoms with Gasteiger partial charge in [-0.25, -0.2) is 4.39 Å². The van der Waals surface area contributed by atoms with Crippen molar-refractivity contribution in [3.8, 4) is 0 Å². The van der Waals surface area contributed by atoms with Gasteiger partial charge in [0.05, 0.1) is 10.6 Å². The van der Waals surface area contributed by atoms with E-state index in [9.17, 15) is 19.3 Å². The highest BCUT2D eigenvalue weighted by Gasteiger charge is 2.13. The number of amides is 1. The summed E-state index contributed by atoms with van der Waals surface area (Å²) in [7, 11) is 0. The number of nitrogens with one attached hydrogen (secondary N) is 1. The van der Waals surface area contributed by atoms with Crippen molar-refractivity contribution in [1.29, 1.82) is 0 Å². The van der Waals surface area contributed by atoms with E-state index in [1.807, 2.05) is 0 Å². The molecule has 0 bridgehead atoms. The lowest BCUT2D eigenvalue weighted by atomic mass is 10.1. The van der Waals surface area contributed by atoms with Crippen LogP contribution in [-0.2, 0) is 11.2 Å². The Morgan fingerprint density at radius 1 is 1.23 bits per heavy atom. The number of nitro benzene ring substituents is 1. The SMILES string of the molecule is O=C(CCc1ccc(Cl)cc1)Nc1cc([N+](=O)[O-])ccc1F. The van der Waals surface area contributed by atoms with E-state index in [0.29, 0.717) is 11.4 Å². The first-order chi connectivity index (χ1) is 10.5. The van der Waals surface area contributed by atoms with E-state index in [1.54, 1.807) is 24.3 Å². The number of aryl methyl sites for hydroxylation is 1. The zero-order valence-electron chi connectivity index (χ0n) is 11.4. The molecule has 0 saturated heterocycles. The molecule has 0 radical (unpaired) electrons. The van der Waals surface area contributed by atoms with Crippen molar-refractivity contribution in [2.75, 3.05) is 5.32 Å². The zero-order valence-corrected chi connectivity index (χ0v) is 12.1. The lowest BCUT2D eigenvalue weighted by Gasteiger charge is -2.06. The molecular formula is C15H12ClFN2O3. The van der Waals surface area contributed by atoms with Gasteiger partial charge in [0.25, 0.3) is 5.69 Å². The van der Waals surface area contributed by atoms with Crippen molar-refractivity contribution < 1.29 is 14.1 Å². The summed E-state index contributed by atoms with van der Waals surface area (Å²) in [6, 6.07) is 10.0. The van der Waals surface area contributed by atoms with Crippen LogP contribution in [0.1, 0.15) is 12.0 Å². The van der Waals surface area contributed by atoms with Gasteiger partial charge in [0, 0.05) is 23.6 Å². The first-order valence-corrected chi connectivity index (χ1v) is 6.82. The zero-order chi connectivity index (χ0) is 16.1. The minimum atomic E-state index is -0.717. The summed E-state index contributed by atoms with van der Waals surface area (Å²) >= 11 is 5.76. The third-order valence-electron chi connectivity index (χ3n) is 2.99. The Labute approximate surface area is 130 Å². The Morgan fingerprint density at radius 2 is 1.91 bits per heavy atom. The number of halogens is 2. The molecule has 114 valence electrons. The molecule has 2 aromatic rings. The van der Waals surface area contributed by atoms with E-state index >= 15 is 0 Å². The molecule has 2 aromatic carbocycles. The predicted octanol–water partition coefficient (Wildman–Crippen LogP) is 3.96. The van der Waals surface area contributed by atoms with Crippen molar-refractivity contribution in [3.05, 3.63) is 69.0 Å². The third kappa shape index (κ3) is 4.26. The number of nitro groups is 1. The van der Waals surface area contributed by atoms with Gasteiger partial charge in [0.2, 0.25) is 5.91 Å². The van der Waals surface area contributed by atoms with Crippen LogP contribution in [0.3, 0.4) is 0 Å². The van der Waals surface area contributed by atoms with Crippen LogP contribution in [0.4, 0.5) is 15.8 Å². The maximum Gasteiger partial charge on any atom is 0.271 e. The first kappa shape index (κ1) is 15.9. The molecule has 1 N–H and O–H groups in total. The van der Waals surface area contributed by atoms with Crippen LogP contribution < -0.4 is 5.32 Å². The quantitative estimate of drug-likeness (QED) is 0.669. The number of nitrogens with zero attached hydrogens (tertiary/aromatic N) is 1. The number of hydrogen-bond donors (Lipinski definition) is 1. The molecule has 0 aliphatic heterocycles. The van der Waals surface area contributed by atoms with Crippen LogP contribution in [0.2, 0.25) is 5.02 Å². The van der Waals surface area contributed by atoms with Crippen molar-refractivity contribution >= 4 is 28.9 Å². The second kappa shape index (κ2) is 7.00. The lowest BCUT2D eigenvalue weighted by Crippen LogP contribution is -2.13. The van der Waals surface area contributed by atoms with Gasteiger partial charge in [0.1, 0.15) is 5.82 Å². The molecule has 5 nitrogen and oxygen atoms in total. The van der Waals surface area contributed by atoms with E-state index in [-0.39, 0.29) is 17.8 Å². The van der Waals surface area contributed by atoms with E-state index in [1.165, 1.54) is 0 Å². The summed E-state index contributed by atoms with van der Waals surface area (Å²) in [5.41, 5.74) is 0.434. The highest BCUT2D eigenvalue weighted by atomic mass is 35.5. The van der Waals surface area contributed by atoms with Crippen LogP contribution >= 0.6 is 11.6 Å². The Balaban J connectivity index is 1.98. The number of benzene rings is 2. The Hall–Kier alpha value is -2.47. The molecule has 0 aromatic heterocycles. The third-order valence-corrected chi connectivity index (χ3v) is 3.24. The van der Waals surface area contributed by atoms with Gasteiger partial charge < -0.3 is 5.32 Å². The fraction of sp³-hybridized carbons (Fsp3) is 0.133. The fourth-order valence-corrected chi connectivity index (χ4v) is 1.97. The second-order valence-corrected chi connectivity index (χ2v) is 5.03. The van der Waals surface area contributed by atoms with E-state index < -0.39 is 16.6 Å². The molecule has 0 unspecified atom stereocenters. The monoisotopic (exact) mass is 322 g/mol. The van der Waals surface area contributed by atoms with E-state index in [4.69, 9.17) is 11.6 Å². The summed E-state index contributed by atoms with van der Waals surface area (Å²) in [5, 5.41) is 13.6. The number of anilines is 1. The van der Waals surface area contributed by atoms with Crippen LogP contribution in [0, 0.1) is 15.9 Å². The molecule has 0 heterocycles. The highest BCUT2D eigenvalue weighted by molar-refractivity contribution is 6.30. The Kier molecular flexibility index (Phi) is 5.06. The molecule has 0 fully saturated rings. The average Bonchev–Trinajstić information content (AvgIpc) is 2.48. The lowest BCUT2D eigenvalue weighted by molar-refractivity contribution is -0.384. The predicted molar refractivity (Wildman–Crippen MR) is 81.5 cm³/mol. The van der Waals surface area contributed by atoms with E-state index in [2.05, 4.69) is 5.32 Å². The number of carbonyl (C=O) groups is 1. The first-order valence-electron chi connectivity index (χ1n) is 6.44. The highest BCUT2D eigenvalue weighted by Crippen LogP contribution is 2.21. The summed E-state index contributed by atoms with van der Waals surface area (Å²) in [5.74, 6) is -1.14. The summed E-state index contributed by atoms with van der Waals surface area (Å²) in [6.07, 6.45) is 0.587. The Bertz CT molecular complexity index is 704. The summed E-state index contributed by atoms with van der Waals surface area (Å²) < 4.78 is 13.5. The van der Waals surface area contributed by atoms with Crippen molar-refractivity contribution in [1.82, 2.24) is 0 Å². The number of carbonyl (C=O) groups excluding carboxylic acids is 1. The fourth-order valence-electron chi connectivity index (χ4n) is 1.84. The molecule has 0 aliphatic rings. The largest absolute Gasteiger partial charge is 0.323 e. The molecule has 0 saturated carbocycles. The topological polar surface area (TPSA) is 72.2 Å². The van der Waals surface area contributed by atoms with Crippen molar-refractivity contribution in [2.45, 2.75) is 12.8 Å². The number of rotatable bonds is 5. The standard InChI is InChI=1S/C15H12ClFN2O3/c16-11-4-1-10(2-5-11)3-8-15(20)18-14-9-12(19(21)22)6-7-13(14)17/h1-2,4-7,9H,3,8H2,(H,18,20). The van der Waals surface area contributed by atoms with Crippen LogP contribution in [-0.4, -0.2) is 10.8 Å². The van der Waals surface area contributed by atoms with Crippen molar-refractivity contribution in [2.24, 2.45) is 0 Å². The van der Waals surface area contributed by atoms with Crippen molar-refractivity contribution in [3.63, 3.8) is 0 Å². The molecule has 1 amide bonds. The maximum absolute atomic E-state index is 13.5. The Morgan fingerprint density at radius 3 is 2.55 bits per heavy atom. The molecule has 22 heavy (non-hydrogen) atoms. The smallest absolute Gasteiger partial charge is 0.271 e. The maximum atomic E-state index is 13.5. The minimum absolute atomic E-state index is 0.129. The summed E-state index contributed by atoms with van der Waals surface area (Å²) in [6.45, 7) is 0. The van der Waals surface area contributed by atoms with Crippen LogP contribution in [0.15, 0.2) is 42.5 Å². The molecule has 7 heteroatoms. The molecule has 0 atom stereocenters. The van der Waals surface area contributed by atoms with Gasteiger partial charge in [-0.1, -0.05) is 23.7 Å². The van der Waals surface area contributed by atoms with Gasteiger partial charge in [-0.2, -0.15) is 0 Å². The van der Waals surface area contributed by atoms with Gasteiger partial charge in [0.15, 0.2) is 0 Å². The summed E-state index contributed by atoms with van der Waals surface area (Å²) in [4.78, 5) is 21.8. The molecular weight excluding hydrogens is 311 g/mol. The van der Waals surface area contributed by atoms with Gasteiger partial charge in [-0.15, -0.1) is 0 Å². The molecule has 2 rings (SSSR count). The number of non-ortho nitro benzene ring substituents is 1. The average molecular weight is 323 g/mol. The molecule has 0 spiro atoms. The van der Waals surface area contributed by atoms with Gasteiger partial charge >= 0.3 is 0 Å². The van der Waals surface area contributed by atoms with Gasteiger partial charge in [-0.3, -0.25) is 14.9 Å². The number of hydrogen-bond acceptors (Lipinski definition) is 3. The second-order valence-electron chi connectivity index (χ2n) is 4.60. The minimum Gasteiger partial charge on any atom is -0.323 e. The van der Waals surface area contributed by atoms with Crippen LogP contribution in [0.5, 0.6) is 0 Å². The van der Waals surface area contributed by atoms with E-state index in [0.717, 1.165) is 23.8 Å². The normalized spacial score (nSPS) is 10.3. The van der Waals surface area contributed by atoms with Crippen LogP contribution in [0.25, 0.3) is 0 Å². The van der Waals surface area contributed by atoms with Gasteiger partial charge in [-0.05, 0) is 30.2 Å².